The molecule has 0 spiro atoms. The molecule has 0 bridgehead atoms. The van der Waals surface area contributed by atoms with Gasteiger partial charge in [0, 0.05) is 10.5 Å². The molecule has 1 aliphatic heterocycles. The first kappa shape index (κ1) is 10.4. The van der Waals surface area contributed by atoms with Crippen molar-refractivity contribution in [2.75, 3.05) is 6.54 Å². The number of alkyl halides is 1. The standard InChI is InChI=1S/C9H10INO2S/c10-8-5-7-3-1-2-4-9(7)14(12,13)11-6-8/h1-4,8,11H,5-6H2. The van der Waals surface area contributed by atoms with E-state index in [1.807, 2.05) is 12.1 Å². The summed E-state index contributed by atoms with van der Waals surface area (Å²) in [6.45, 7) is 0.511. The Morgan fingerprint density at radius 2 is 2.07 bits per heavy atom. The van der Waals surface area contributed by atoms with Crippen LogP contribution in [0.4, 0.5) is 0 Å². The topological polar surface area (TPSA) is 46.2 Å². The number of hydrogen-bond acceptors (Lipinski definition) is 2. The van der Waals surface area contributed by atoms with Gasteiger partial charge in [-0.2, -0.15) is 0 Å². The Morgan fingerprint density at radius 3 is 2.86 bits per heavy atom. The molecule has 1 atom stereocenters. The summed E-state index contributed by atoms with van der Waals surface area (Å²) in [5, 5.41) is 0. The lowest BCUT2D eigenvalue weighted by Gasteiger charge is -2.04. The molecule has 76 valence electrons. The van der Waals surface area contributed by atoms with Gasteiger partial charge in [0.1, 0.15) is 0 Å². The first-order valence-corrected chi connectivity index (χ1v) is 7.04. The van der Waals surface area contributed by atoms with Crippen LogP contribution in [0.1, 0.15) is 5.56 Å². The highest BCUT2D eigenvalue weighted by atomic mass is 127. The molecule has 1 unspecified atom stereocenters. The molecule has 0 aliphatic carbocycles. The second-order valence-electron chi connectivity index (χ2n) is 3.26. The van der Waals surface area contributed by atoms with E-state index in [-0.39, 0.29) is 0 Å². The normalized spacial score (nSPS) is 25.1. The molecule has 0 saturated heterocycles. The van der Waals surface area contributed by atoms with Gasteiger partial charge in [-0.15, -0.1) is 0 Å². The minimum Gasteiger partial charge on any atom is -0.210 e. The Labute approximate surface area is 97.1 Å². The fourth-order valence-electron chi connectivity index (χ4n) is 1.52. The van der Waals surface area contributed by atoms with Gasteiger partial charge in [0.25, 0.3) is 0 Å². The third-order valence-corrected chi connectivity index (χ3v) is 4.60. The fraction of sp³-hybridized carbons (Fsp3) is 0.333. The summed E-state index contributed by atoms with van der Waals surface area (Å²) in [6.07, 6.45) is 0.808. The summed E-state index contributed by atoms with van der Waals surface area (Å²) in [5.74, 6) is 0. The van der Waals surface area contributed by atoms with Gasteiger partial charge in [-0.25, -0.2) is 13.1 Å². The molecule has 1 aliphatic rings. The van der Waals surface area contributed by atoms with Crippen molar-refractivity contribution in [1.29, 1.82) is 0 Å². The monoisotopic (exact) mass is 323 g/mol. The van der Waals surface area contributed by atoms with Crippen molar-refractivity contribution >= 4 is 32.6 Å². The number of nitrogens with one attached hydrogen (secondary N) is 1. The molecule has 0 amide bonds. The quantitative estimate of drug-likeness (QED) is 0.578. The number of benzene rings is 1. The smallest absolute Gasteiger partial charge is 0.210 e. The van der Waals surface area contributed by atoms with Gasteiger partial charge in [-0.1, -0.05) is 40.8 Å². The van der Waals surface area contributed by atoms with E-state index in [4.69, 9.17) is 0 Å². The Kier molecular flexibility index (Phi) is 2.81. The average Bonchev–Trinajstić information content (AvgIpc) is 2.25. The molecular weight excluding hydrogens is 313 g/mol. The summed E-state index contributed by atoms with van der Waals surface area (Å²) in [7, 11) is -3.27. The van der Waals surface area contributed by atoms with Crippen molar-refractivity contribution < 1.29 is 8.42 Å². The highest BCUT2D eigenvalue weighted by Crippen LogP contribution is 2.22. The second-order valence-corrected chi connectivity index (χ2v) is 6.76. The molecule has 14 heavy (non-hydrogen) atoms. The third-order valence-electron chi connectivity index (χ3n) is 2.20. The van der Waals surface area contributed by atoms with Gasteiger partial charge in [0.15, 0.2) is 0 Å². The van der Waals surface area contributed by atoms with Crippen molar-refractivity contribution in [1.82, 2.24) is 4.72 Å². The molecule has 5 heteroatoms. The van der Waals surface area contributed by atoms with E-state index in [1.54, 1.807) is 12.1 Å². The number of hydrogen-bond donors (Lipinski definition) is 1. The van der Waals surface area contributed by atoms with Gasteiger partial charge in [-0.05, 0) is 18.1 Å². The van der Waals surface area contributed by atoms with Crippen molar-refractivity contribution in [2.24, 2.45) is 0 Å². The first-order chi connectivity index (χ1) is 6.59. The lowest BCUT2D eigenvalue weighted by molar-refractivity contribution is 0.584. The van der Waals surface area contributed by atoms with Crippen LogP contribution in [0.2, 0.25) is 0 Å². The van der Waals surface area contributed by atoms with Crippen molar-refractivity contribution in [3.63, 3.8) is 0 Å². The molecule has 0 aromatic heterocycles. The number of fused-ring (bicyclic) bond motifs is 1. The zero-order chi connectivity index (χ0) is 10.2. The first-order valence-electron chi connectivity index (χ1n) is 4.31. The molecule has 3 nitrogen and oxygen atoms in total. The van der Waals surface area contributed by atoms with E-state index in [1.165, 1.54) is 0 Å². The third kappa shape index (κ3) is 1.94. The maximum atomic E-state index is 11.7. The van der Waals surface area contributed by atoms with Crippen LogP contribution in [-0.4, -0.2) is 18.9 Å². The van der Waals surface area contributed by atoms with Gasteiger partial charge in [0.2, 0.25) is 10.0 Å². The Bertz CT molecular complexity index is 444. The molecule has 1 heterocycles. The van der Waals surface area contributed by atoms with E-state index in [2.05, 4.69) is 27.3 Å². The largest absolute Gasteiger partial charge is 0.240 e. The maximum Gasteiger partial charge on any atom is 0.240 e. The Hall–Kier alpha value is -0.140. The molecule has 0 radical (unpaired) electrons. The van der Waals surface area contributed by atoms with E-state index in [0.29, 0.717) is 15.4 Å². The van der Waals surface area contributed by atoms with E-state index in [0.717, 1.165) is 12.0 Å². The predicted molar refractivity (Wildman–Crippen MR) is 63.1 cm³/mol. The minimum atomic E-state index is -3.27. The van der Waals surface area contributed by atoms with Crippen LogP contribution >= 0.6 is 22.6 Å². The number of sulfonamides is 1. The zero-order valence-electron chi connectivity index (χ0n) is 7.40. The lowest BCUT2D eigenvalue weighted by atomic mass is 10.1. The van der Waals surface area contributed by atoms with Gasteiger partial charge in [-0.3, -0.25) is 0 Å². The summed E-state index contributed by atoms with van der Waals surface area (Å²) in [4.78, 5) is 0.430. The van der Waals surface area contributed by atoms with Crippen LogP contribution in [0, 0.1) is 0 Å². The van der Waals surface area contributed by atoms with E-state index < -0.39 is 10.0 Å². The Balaban J connectivity index is 2.58. The van der Waals surface area contributed by atoms with Crippen molar-refractivity contribution in [3.05, 3.63) is 29.8 Å². The maximum absolute atomic E-state index is 11.7. The fourth-order valence-corrected chi connectivity index (χ4v) is 3.85. The van der Waals surface area contributed by atoms with Gasteiger partial charge < -0.3 is 0 Å². The highest BCUT2D eigenvalue weighted by molar-refractivity contribution is 14.1. The summed E-state index contributed by atoms with van der Waals surface area (Å²) in [5.41, 5.74) is 0.914. The van der Waals surface area contributed by atoms with Crippen molar-refractivity contribution in [2.45, 2.75) is 15.2 Å². The van der Waals surface area contributed by atoms with Crippen LogP contribution in [0.3, 0.4) is 0 Å². The van der Waals surface area contributed by atoms with E-state index >= 15 is 0 Å². The summed E-state index contributed by atoms with van der Waals surface area (Å²) >= 11 is 2.27. The molecule has 0 saturated carbocycles. The van der Waals surface area contributed by atoms with Crippen molar-refractivity contribution in [3.8, 4) is 0 Å². The SMILES string of the molecule is O=S1(=O)NCC(I)Cc2ccccc21. The number of rotatable bonds is 0. The van der Waals surface area contributed by atoms with E-state index in [9.17, 15) is 8.42 Å². The highest BCUT2D eigenvalue weighted by Gasteiger charge is 2.23. The lowest BCUT2D eigenvalue weighted by Crippen LogP contribution is -2.27. The van der Waals surface area contributed by atoms with Crippen LogP contribution in [0.5, 0.6) is 0 Å². The predicted octanol–water partition coefficient (Wildman–Crippen LogP) is 1.32. The van der Waals surface area contributed by atoms with Crippen LogP contribution in [-0.2, 0) is 16.4 Å². The van der Waals surface area contributed by atoms with Gasteiger partial charge in [0.05, 0.1) is 4.90 Å². The second kappa shape index (κ2) is 3.79. The molecular formula is C9H10INO2S. The summed E-state index contributed by atoms with van der Waals surface area (Å²) < 4.78 is 26.4. The molecule has 1 aromatic carbocycles. The number of halogens is 1. The van der Waals surface area contributed by atoms with Crippen LogP contribution in [0.25, 0.3) is 0 Å². The molecule has 1 N–H and O–H groups in total. The summed E-state index contributed by atoms with van der Waals surface area (Å²) in [6, 6.07) is 7.17. The molecule has 0 fully saturated rings. The minimum absolute atomic E-state index is 0.325. The molecule has 2 rings (SSSR count). The average molecular weight is 323 g/mol. The van der Waals surface area contributed by atoms with Gasteiger partial charge >= 0.3 is 0 Å². The Morgan fingerprint density at radius 1 is 1.36 bits per heavy atom. The van der Waals surface area contributed by atoms with Crippen LogP contribution in [0.15, 0.2) is 29.2 Å². The van der Waals surface area contributed by atoms with Crippen LogP contribution < -0.4 is 4.72 Å². The zero-order valence-corrected chi connectivity index (χ0v) is 10.4. The molecule has 1 aromatic rings.